The summed E-state index contributed by atoms with van der Waals surface area (Å²) in [4.78, 5) is 12.2. The van der Waals surface area contributed by atoms with Crippen molar-refractivity contribution in [1.82, 2.24) is 0 Å². The van der Waals surface area contributed by atoms with Gasteiger partial charge in [0.2, 0.25) is 0 Å². The molecular weight excluding hydrogens is 372 g/mol. The fourth-order valence-corrected chi connectivity index (χ4v) is 4.97. The lowest BCUT2D eigenvalue weighted by Crippen LogP contribution is -2.18. The van der Waals surface area contributed by atoms with E-state index in [-0.39, 0.29) is 17.1 Å². The Labute approximate surface area is 158 Å². The first-order valence-electron chi connectivity index (χ1n) is 9.14. The first-order chi connectivity index (χ1) is 12.1. The number of carbonyl (C=O) groups is 1. The maximum Gasteiger partial charge on any atom is 0.178 e. The van der Waals surface area contributed by atoms with Crippen molar-refractivity contribution < 1.29 is 21.6 Å². The fourth-order valence-electron chi connectivity index (χ4n) is 2.82. The number of benzene rings is 1. The second-order valence-corrected chi connectivity index (χ2v) is 11.2. The Morgan fingerprint density at radius 3 is 2.08 bits per heavy atom. The minimum Gasteiger partial charge on any atom is -0.293 e. The van der Waals surface area contributed by atoms with E-state index in [1.165, 1.54) is 25.3 Å². The Kier molecular flexibility index (Phi) is 9.50. The Bertz CT molecular complexity index is 780. The lowest BCUT2D eigenvalue weighted by atomic mass is 10.1. The maximum atomic E-state index is 12.4. The number of unbranched alkanes of at least 4 members (excludes halogenated alkanes) is 6. The first kappa shape index (κ1) is 22.8. The van der Waals surface area contributed by atoms with Gasteiger partial charge in [-0.15, -0.1) is 0 Å². The number of rotatable bonds is 13. The van der Waals surface area contributed by atoms with Crippen molar-refractivity contribution in [3.8, 4) is 0 Å². The van der Waals surface area contributed by atoms with Crippen molar-refractivity contribution in [2.24, 2.45) is 0 Å². The highest BCUT2D eigenvalue weighted by Crippen LogP contribution is 2.16. The summed E-state index contributed by atoms with van der Waals surface area (Å²) in [6.07, 6.45) is 8.27. The van der Waals surface area contributed by atoms with Crippen LogP contribution in [-0.2, 0) is 25.4 Å². The molecule has 0 atom stereocenters. The van der Waals surface area contributed by atoms with Crippen LogP contribution >= 0.6 is 0 Å². The van der Waals surface area contributed by atoms with Crippen molar-refractivity contribution in [2.45, 2.75) is 57.6 Å². The number of carbonyl (C=O) groups excluding carboxylic acids is 1. The summed E-state index contributed by atoms with van der Waals surface area (Å²) in [6.45, 7) is 2.16. The fraction of sp³-hybridized carbons (Fsp3) is 0.632. The van der Waals surface area contributed by atoms with Crippen molar-refractivity contribution in [3.63, 3.8) is 0 Å². The molecule has 0 aliphatic heterocycles. The molecule has 0 amide bonds. The molecule has 26 heavy (non-hydrogen) atoms. The van der Waals surface area contributed by atoms with Crippen LogP contribution in [0.15, 0.2) is 24.3 Å². The summed E-state index contributed by atoms with van der Waals surface area (Å²) in [5.74, 6) is -1.31. The van der Waals surface area contributed by atoms with Gasteiger partial charge in [0, 0.05) is 11.8 Å². The molecule has 0 aromatic heterocycles. The predicted molar refractivity (Wildman–Crippen MR) is 106 cm³/mol. The summed E-state index contributed by atoms with van der Waals surface area (Å²) >= 11 is 0. The van der Waals surface area contributed by atoms with Crippen LogP contribution in [0.25, 0.3) is 0 Å². The molecule has 0 fully saturated rings. The van der Waals surface area contributed by atoms with E-state index in [1.807, 2.05) is 0 Å². The smallest absolute Gasteiger partial charge is 0.178 e. The second kappa shape index (κ2) is 10.8. The minimum absolute atomic E-state index is 0.0926. The Morgan fingerprint density at radius 2 is 1.46 bits per heavy atom. The number of sulfone groups is 2. The summed E-state index contributed by atoms with van der Waals surface area (Å²) in [6, 6.07) is 6.35. The maximum absolute atomic E-state index is 12.4. The first-order valence-corrected chi connectivity index (χ1v) is 13.0. The molecule has 0 N–H and O–H groups in total. The number of ketones is 1. The van der Waals surface area contributed by atoms with Gasteiger partial charge in [-0.2, -0.15) is 0 Å². The van der Waals surface area contributed by atoms with Gasteiger partial charge in [0.25, 0.3) is 0 Å². The van der Waals surface area contributed by atoms with Gasteiger partial charge < -0.3 is 0 Å². The topological polar surface area (TPSA) is 85.3 Å². The molecule has 7 heteroatoms. The van der Waals surface area contributed by atoms with Gasteiger partial charge in [-0.3, -0.25) is 4.79 Å². The van der Waals surface area contributed by atoms with E-state index >= 15 is 0 Å². The summed E-state index contributed by atoms with van der Waals surface area (Å²) in [5.41, 5.74) is 0.560. The third kappa shape index (κ3) is 9.48. The molecule has 1 rings (SSSR count). The normalized spacial score (nSPS) is 12.2. The van der Waals surface area contributed by atoms with Crippen LogP contribution < -0.4 is 0 Å². The Balaban J connectivity index is 2.63. The Morgan fingerprint density at radius 1 is 0.885 bits per heavy atom. The van der Waals surface area contributed by atoms with E-state index in [4.69, 9.17) is 0 Å². The third-order valence-electron chi connectivity index (χ3n) is 4.15. The molecular formula is C19H30O5S2. The van der Waals surface area contributed by atoms with Crippen molar-refractivity contribution in [1.29, 1.82) is 0 Å². The summed E-state index contributed by atoms with van der Waals surface area (Å²) in [5, 5.41) is 0. The molecule has 0 saturated carbocycles. The van der Waals surface area contributed by atoms with E-state index in [0.717, 1.165) is 25.5 Å². The lowest BCUT2D eigenvalue weighted by molar-refractivity contribution is 0.102. The molecule has 0 unspecified atom stereocenters. The van der Waals surface area contributed by atoms with Crippen LogP contribution in [0.2, 0.25) is 0 Å². The molecule has 148 valence electrons. The van der Waals surface area contributed by atoms with E-state index in [9.17, 15) is 21.6 Å². The number of Topliss-reactive ketones (excluding diaryl/α,β-unsaturated/α-hetero) is 1. The Hall–Kier alpha value is -1.21. The van der Waals surface area contributed by atoms with Gasteiger partial charge in [0.05, 0.1) is 11.5 Å². The summed E-state index contributed by atoms with van der Waals surface area (Å²) < 4.78 is 47.4. The zero-order chi connectivity index (χ0) is 19.6. The van der Waals surface area contributed by atoms with Gasteiger partial charge in [0.15, 0.2) is 25.5 Å². The molecule has 0 aliphatic carbocycles. The predicted octanol–water partition coefficient (Wildman–Crippen LogP) is 3.58. The molecule has 5 nitrogen and oxygen atoms in total. The van der Waals surface area contributed by atoms with Crippen LogP contribution in [0, 0.1) is 0 Å². The lowest BCUT2D eigenvalue weighted by Gasteiger charge is -2.09. The zero-order valence-corrected chi connectivity index (χ0v) is 17.4. The van der Waals surface area contributed by atoms with Crippen molar-refractivity contribution in [3.05, 3.63) is 35.4 Å². The average Bonchev–Trinajstić information content (AvgIpc) is 2.52. The van der Waals surface area contributed by atoms with Gasteiger partial charge in [-0.25, -0.2) is 16.8 Å². The van der Waals surface area contributed by atoms with E-state index in [2.05, 4.69) is 6.92 Å². The minimum atomic E-state index is -3.46. The van der Waals surface area contributed by atoms with E-state index in [0.29, 0.717) is 12.0 Å². The number of hydrogen-bond donors (Lipinski definition) is 0. The quantitative estimate of drug-likeness (QED) is 0.372. The number of hydrogen-bond acceptors (Lipinski definition) is 5. The van der Waals surface area contributed by atoms with Crippen molar-refractivity contribution in [2.75, 3.05) is 17.8 Å². The zero-order valence-electron chi connectivity index (χ0n) is 15.7. The van der Waals surface area contributed by atoms with E-state index in [1.54, 1.807) is 18.2 Å². The van der Waals surface area contributed by atoms with Crippen LogP contribution in [-0.4, -0.2) is 40.4 Å². The summed E-state index contributed by atoms with van der Waals surface area (Å²) in [7, 11) is -6.79. The standard InChI is InChI=1S/C19H30O5S2/c1-3-4-5-6-7-8-11-14-26(23,24)15-17-12-9-10-13-18(17)19(20)16-25(2,21)22/h9-10,12-13H,3-8,11,14-16H2,1-2H3. The van der Waals surface area contributed by atoms with Crippen LogP contribution in [0.1, 0.15) is 67.8 Å². The highest BCUT2D eigenvalue weighted by atomic mass is 32.2. The molecule has 0 aliphatic rings. The highest BCUT2D eigenvalue weighted by molar-refractivity contribution is 7.91. The molecule has 1 aromatic carbocycles. The highest BCUT2D eigenvalue weighted by Gasteiger charge is 2.20. The molecule has 1 aromatic rings. The molecule has 0 radical (unpaired) electrons. The van der Waals surface area contributed by atoms with Crippen LogP contribution in [0.4, 0.5) is 0 Å². The van der Waals surface area contributed by atoms with Gasteiger partial charge >= 0.3 is 0 Å². The van der Waals surface area contributed by atoms with Gasteiger partial charge in [-0.05, 0) is 12.0 Å². The van der Waals surface area contributed by atoms with Crippen molar-refractivity contribution >= 4 is 25.5 Å². The van der Waals surface area contributed by atoms with E-state index < -0.39 is 31.2 Å². The monoisotopic (exact) mass is 402 g/mol. The third-order valence-corrected chi connectivity index (χ3v) is 6.59. The molecule has 0 bridgehead atoms. The molecule has 0 heterocycles. The molecule has 0 spiro atoms. The SMILES string of the molecule is CCCCCCCCCS(=O)(=O)Cc1ccccc1C(=O)CS(C)(=O)=O. The second-order valence-electron chi connectivity index (χ2n) is 6.86. The molecule has 0 saturated heterocycles. The van der Waals surface area contributed by atoms with Gasteiger partial charge in [-0.1, -0.05) is 69.7 Å². The largest absolute Gasteiger partial charge is 0.293 e. The van der Waals surface area contributed by atoms with Gasteiger partial charge in [0.1, 0.15) is 5.75 Å². The van der Waals surface area contributed by atoms with Crippen LogP contribution in [0.3, 0.4) is 0 Å². The van der Waals surface area contributed by atoms with Crippen LogP contribution in [0.5, 0.6) is 0 Å². The average molecular weight is 403 g/mol.